The molecule has 1 fully saturated rings. The van der Waals surface area contributed by atoms with Gasteiger partial charge in [0, 0.05) is 24.3 Å². The van der Waals surface area contributed by atoms with Crippen molar-refractivity contribution in [1.82, 2.24) is 4.90 Å². The summed E-state index contributed by atoms with van der Waals surface area (Å²) in [6, 6.07) is 25.1. The van der Waals surface area contributed by atoms with Gasteiger partial charge in [-0.3, -0.25) is 9.69 Å². The maximum atomic E-state index is 13.5. The normalized spacial score (nSPS) is 14.0. The minimum Gasteiger partial charge on any atom is -0.443 e. The third kappa shape index (κ3) is 6.80. The maximum Gasteiger partial charge on any atom is 0.415 e. The number of likely N-dealkylation sites (tertiary alicyclic amines) is 1. The summed E-state index contributed by atoms with van der Waals surface area (Å²) in [5, 5.41) is 9.29. The van der Waals surface area contributed by atoms with E-state index >= 15 is 0 Å². The Morgan fingerprint density at radius 1 is 1.00 bits per heavy atom. The summed E-state index contributed by atoms with van der Waals surface area (Å²) < 4.78 is 5.69. The van der Waals surface area contributed by atoms with Gasteiger partial charge in [0.2, 0.25) is 0 Å². The second-order valence-corrected chi connectivity index (χ2v) is 10.9. The predicted molar refractivity (Wildman–Crippen MR) is 149 cm³/mol. The summed E-state index contributed by atoms with van der Waals surface area (Å²) in [6.45, 7) is 9.16. The average molecular weight is 510 g/mol. The van der Waals surface area contributed by atoms with Gasteiger partial charge in [-0.1, -0.05) is 48.0 Å². The molecule has 0 unspecified atom stereocenters. The molecule has 1 saturated heterocycles. The Kier molecular flexibility index (Phi) is 8.16. The summed E-state index contributed by atoms with van der Waals surface area (Å²) in [6.07, 6.45) is 1.34. The molecule has 0 saturated carbocycles. The first-order valence-electron chi connectivity index (χ1n) is 13.1. The summed E-state index contributed by atoms with van der Waals surface area (Å²) in [4.78, 5) is 30.1. The first-order valence-corrected chi connectivity index (χ1v) is 13.1. The van der Waals surface area contributed by atoms with Gasteiger partial charge < -0.3 is 9.64 Å². The summed E-state index contributed by atoms with van der Waals surface area (Å²) in [5.41, 5.74) is 4.34. The zero-order chi connectivity index (χ0) is 27.3. The standard InChI is InChI=1S/C32H35N3O3/c1-23-8-5-11-27(18-23)26-14-16-34(17-15-26)30(36)28-12-7-13-29(20-28)35(31(37)38-32(2,3)4)22-25-10-6-9-24(19-25)21-33/h5-13,18-20,26H,14-17,22H2,1-4H3. The minimum atomic E-state index is -0.682. The fraction of sp³-hybridized carbons (Fsp3) is 0.344. The topological polar surface area (TPSA) is 73.6 Å². The second kappa shape index (κ2) is 11.5. The Morgan fingerprint density at radius 3 is 2.39 bits per heavy atom. The monoisotopic (exact) mass is 509 g/mol. The second-order valence-electron chi connectivity index (χ2n) is 10.9. The smallest absolute Gasteiger partial charge is 0.415 e. The van der Waals surface area contributed by atoms with Crippen LogP contribution < -0.4 is 4.90 Å². The highest BCUT2D eigenvalue weighted by Crippen LogP contribution is 2.30. The third-order valence-electron chi connectivity index (χ3n) is 6.71. The van der Waals surface area contributed by atoms with Crippen LogP contribution in [0.4, 0.5) is 10.5 Å². The van der Waals surface area contributed by atoms with Crippen molar-refractivity contribution in [2.24, 2.45) is 0 Å². The molecule has 0 aliphatic carbocycles. The number of aryl methyl sites for hydroxylation is 1. The molecule has 0 bridgehead atoms. The fourth-order valence-electron chi connectivity index (χ4n) is 4.83. The van der Waals surface area contributed by atoms with Crippen molar-refractivity contribution in [3.63, 3.8) is 0 Å². The fourth-order valence-corrected chi connectivity index (χ4v) is 4.83. The molecule has 3 aromatic rings. The highest BCUT2D eigenvalue weighted by Gasteiger charge is 2.27. The van der Waals surface area contributed by atoms with Gasteiger partial charge in [0.25, 0.3) is 5.91 Å². The van der Waals surface area contributed by atoms with Gasteiger partial charge in [0.1, 0.15) is 5.60 Å². The predicted octanol–water partition coefficient (Wildman–Crippen LogP) is 6.83. The molecule has 1 aliphatic heterocycles. The molecule has 0 atom stereocenters. The van der Waals surface area contributed by atoms with E-state index < -0.39 is 11.7 Å². The number of nitrogens with zero attached hydrogens (tertiary/aromatic N) is 3. The molecule has 1 aliphatic rings. The number of piperidine rings is 1. The highest BCUT2D eigenvalue weighted by atomic mass is 16.6. The van der Waals surface area contributed by atoms with Crippen molar-refractivity contribution >= 4 is 17.7 Å². The number of amides is 2. The molecule has 0 N–H and O–H groups in total. The highest BCUT2D eigenvalue weighted by molar-refractivity contribution is 5.97. The van der Waals surface area contributed by atoms with Crippen molar-refractivity contribution in [3.8, 4) is 6.07 Å². The van der Waals surface area contributed by atoms with E-state index in [0.29, 0.717) is 35.8 Å². The number of anilines is 1. The lowest BCUT2D eigenvalue weighted by atomic mass is 9.88. The SMILES string of the molecule is Cc1cccc(C2CCN(C(=O)c3cccc(N(Cc4cccc(C#N)c4)C(=O)OC(C)(C)C)c3)CC2)c1. The van der Waals surface area contributed by atoms with Crippen LogP contribution in [0, 0.1) is 18.3 Å². The van der Waals surface area contributed by atoms with E-state index in [1.165, 1.54) is 16.0 Å². The van der Waals surface area contributed by atoms with Crippen LogP contribution in [0.15, 0.2) is 72.8 Å². The Labute approximate surface area is 225 Å². The van der Waals surface area contributed by atoms with Crippen LogP contribution in [0.5, 0.6) is 0 Å². The molecule has 0 spiro atoms. The van der Waals surface area contributed by atoms with Gasteiger partial charge in [-0.15, -0.1) is 0 Å². The molecule has 6 heteroatoms. The summed E-state index contributed by atoms with van der Waals surface area (Å²) in [7, 11) is 0. The number of carbonyl (C=O) groups is 2. The average Bonchev–Trinajstić information content (AvgIpc) is 2.90. The van der Waals surface area contributed by atoms with E-state index in [2.05, 4.69) is 37.3 Å². The molecule has 6 nitrogen and oxygen atoms in total. The number of rotatable bonds is 5. The van der Waals surface area contributed by atoms with Gasteiger partial charge in [0.15, 0.2) is 0 Å². The van der Waals surface area contributed by atoms with Crippen molar-refractivity contribution in [2.45, 2.75) is 58.6 Å². The van der Waals surface area contributed by atoms with Crippen molar-refractivity contribution in [1.29, 1.82) is 5.26 Å². The van der Waals surface area contributed by atoms with Crippen molar-refractivity contribution in [3.05, 3.63) is 101 Å². The summed E-state index contributed by atoms with van der Waals surface area (Å²) in [5.74, 6) is 0.419. The molecular weight excluding hydrogens is 474 g/mol. The Morgan fingerprint density at radius 2 is 1.71 bits per heavy atom. The van der Waals surface area contributed by atoms with Crippen LogP contribution in [0.1, 0.15) is 72.1 Å². The van der Waals surface area contributed by atoms with E-state index in [-0.39, 0.29) is 12.5 Å². The lowest BCUT2D eigenvalue weighted by Crippen LogP contribution is -2.38. The van der Waals surface area contributed by atoms with Gasteiger partial charge >= 0.3 is 6.09 Å². The largest absolute Gasteiger partial charge is 0.443 e. The zero-order valence-electron chi connectivity index (χ0n) is 22.6. The van der Waals surface area contributed by atoms with Crippen molar-refractivity contribution < 1.29 is 14.3 Å². The molecular formula is C32H35N3O3. The lowest BCUT2D eigenvalue weighted by Gasteiger charge is -2.33. The van der Waals surface area contributed by atoms with Crippen LogP contribution in [0.2, 0.25) is 0 Å². The number of hydrogen-bond acceptors (Lipinski definition) is 4. The number of carbonyl (C=O) groups excluding carboxylic acids is 2. The number of nitriles is 1. The molecule has 0 aromatic heterocycles. The first-order chi connectivity index (χ1) is 18.1. The van der Waals surface area contributed by atoms with Gasteiger partial charge in [-0.05, 0) is 87.9 Å². The molecule has 3 aromatic carbocycles. The number of benzene rings is 3. The first kappa shape index (κ1) is 26.9. The molecule has 4 rings (SSSR count). The van der Waals surface area contributed by atoms with Crippen LogP contribution in [0.3, 0.4) is 0 Å². The van der Waals surface area contributed by atoms with E-state index in [0.717, 1.165) is 18.4 Å². The van der Waals surface area contributed by atoms with E-state index in [1.807, 2.05) is 31.7 Å². The molecule has 2 amide bonds. The van der Waals surface area contributed by atoms with Gasteiger partial charge in [-0.25, -0.2) is 4.79 Å². The number of hydrogen-bond donors (Lipinski definition) is 0. The van der Waals surface area contributed by atoms with E-state index in [4.69, 9.17) is 4.74 Å². The Balaban J connectivity index is 1.53. The molecule has 38 heavy (non-hydrogen) atoms. The van der Waals surface area contributed by atoms with Crippen LogP contribution in [-0.4, -0.2) is 35.6 Å². The third-order valence-corrected chi connectivity index (χ3v) is 6.71. The van der Waals surface area contributed by atoms with E-state index in [9.17, 15) is 14.9 Å². The lowest BCUT2D eigenvalue weighted by molar-refractivity contribution is 0.0576. The zero-order valence-corrected chi connectivity index (χ0v) is 22.6. The van der Waals surface area contributed by atoms with E-state index in [1.54, 1.807) is 42.5 Å². The summed E-state index contributed by atoms with van der Waals surface area (Å²) >= 11 is 0. The van der Waals surface area contributed by atoms with Crippen LogP contribution in [0.25, 0.3) is 0 Å². The van der Waals surface area contributed by atoms with Crippen LogP contribution in [-0.2, 0) is 11.3 Å². The quantitative estimate of drug-likeness (QED) is 0.378. The molecule has 196 valence electrons. The molecule has 0 radical (unpaired) electrons. The van der Waals surface area contributed by atoms with Gasteiger partial charge in [-0.2, -0.15) is 5.26 Å². The molecule has 1 heterocycles. The Bertz CT molecular complexity index is 1340. The Hall–Kier alpha value is -4.11. The maximum absolute atomic E-state index is 13.5. The van der Waals surface area contributed by atoms with Gasteiger partial charge in [0.05, 0.1) is 18.2 Å². The van der Waals surface area contributed by atoms with Crippen LogP contribution >= 0.6 is 0 Å². The van der Waals surface area contributed by atoms with Crippen molar-refractivity contribution in [2.75, 3.05) is 18.0 Å². The number of ether oxygens (including phenoxy) is 1. The minimum absolute atomic E-state index is 0.0369.